The van der Waals surface area contributed by atoms with Gasteiger partial charge in [-0.05, 0) is 32.9 Å². The number of hydrogen-bond acceptors (Lipinski definition) is 4. The first-order valence-electron chi connectivity index (χ1n) is 5.51. The lowest BCUT2D eigenvalue weighted by Crippen LogP contribution is -2.45. The van der Waals surface area contributed by atoms with Crippen molar-refractivity contribution in [1.82, 2.24) is 15.3 Å². The molecule has 1 aliphatic rings. The topological polar surface area (TPSA) is 41.0 Å². The molecule has 1 aliphatic heterocycles. The predicted octanol–water partition coefficient (Wildman–Crippen LogP) is 0.973. The lowest BCUT2D eigenvalue weighted by Gasteiger charge is -2.32. The van der Waals surface area contributed by atoms with E-state index in [1.54, 1.807) is 0 Å². The molecule has 0 aromatic carbocycles. The summed E-state index contributed by atoms with van der Waals surface area (Å²) in [5.74, 6) is 0.870. The molecule has 0 amide bonds. The van der Waals surface area contributed by atoms with E-state index in [2.05, 4.69) is 20.2 Å². The van der Waals surface area contributed by atoms with Gasteiger partial charge < -0.3 is 10.2 Å². The van der Waals surface area contributed by atoms with E-state index in [4.69, 9.17) is 0 Å². The Kier molecular flexibility index (Phi) is 3.16. The highest BCUT2D eigenvalue weighted by molar-refractivity contribution is 5.31. The molecule has 1 aromatic rings. The van der Waals surface area contributed by atoms with E-state index in [9.17, 15) is 0 Å². The summed E-state index contributed by atoms with van der Waals surface area (Å²) in [4.78, 5) is 11.0. The van der Waals surface area contributed by atoms with Crippen LogP contribution in [-0.2, 0) is 0 Å². The fraction of sp³-hybridized carbons (Fsp3) is 0.636. The first-order valence-corrected chi connectivity index (χ1v) is 5.51. The van der Waals surface area contributed by atoms with Crippen molar-refractivity contribution in [3.05, 3.63) is 18.0 Å². The molecule has 0 aliphatic carbocycles. The van der Waals surface area contributed by atoms with Gasteiger partial charge in [0, 0.05) is 31.0 Å². The Balaban J connectivity index is 2.09. The van der Waals surface area contributed by atoms with Crippen molar-refractivity contribution in [1.29, 1.82) is 0 Å². The lowest BCUT2D eigenvalue weighted by molar-refractivity contribution is 0.445. The fourth-order valence-corrected chi connectivity index (χ4v) is 1.98. The Labute approximate surface area is 90.7 Å². The van der Waals surface area contributed by atoms with Crippen LogP contribution < -0.4 is 10.2 Å². The summed E-state index contributed by atoms with van der Waals surface area (Å²) in [7, 11) is 2.02. The van der Waals surface area contributed by atoms with Crippen molar-refractivity contribution in [3.8, 4) is 0 Å². The lowest BCUT2D eigenvalue weighted by atomic mass is 10.1. The van der Waals surface area contributed by atoms with Crippen molar-refractivity contribution in [3.63, 3.8) is 0 Å². The monoisotopic (exact) mass is 206 g/mol. The molecule has 15 heavy (non-hydrogen) atoms. The van der Waals surface area contributed by atoms with Gasteiger partial charge in [0.1, 0.15) is 0 Å². The number of anilines is 1. The maximum Gasteiger partial charge on any atom is 0.225 e. The molecule has 0 spiro atoms. The Morgan fingerprint density at radius 2 is 2.40 bits per heavy atom. The van der Waals surface area contributed by atoms with Gasteiger partial charge in [0.05, 0.1) is 0 Å². The maximum absolute atomic E-state index is 4.45. The predicted molar refractivity (Wildman–Crippen MR) is 61.1 cm³/mol. The van der Waals surface area contributed by atoms with Crippen molar-refractivity contribution < 1.29 is 0 Å². The van der Waals surface area contributed by atoms with Gasteiger partial charge in [0.25, 0.3) is 0 Å². The van der Waals surface area contributed by atoms with Crippen molar-refractivity contribution in [2.24, 2.45) is 0 Å². The van der Waals surface area contributed by atoms with Crippen LogP contribution in [0, 0.1) is 6.92 Å². The number of aryl methyl sites for hydroxylation is 1. The Hall–Kier alpha value is -1.16. The van der Waals surface area contributed by atoms with Crippen LogP contribution in [0.25, 0.3) is 0 Å². The van der Waals surface area contributed by atoms with Gasteiger partial charge in [0.2, 0.25) is 5.95 Å². The number of rotatable bonds is 2. The van der Waals surface area contributed by atoms with E-state index in [0.29, 0.717) is 6.04 Å². The average Bonchev–Trinajstić information content (AvgIpc) is 2.29. The van der Waals surface area contributed by atoms with Gasteiger partial charge in [-0.1, -0.05) is 0 Å². The number of likely N-dealkylation sites (N-methyl/N-ethyl adjacent to an activating group) is 1. The Morgan fingerprint density at radius 1 is 1.53 bits per heavy atom. The van der Waals surface area contributed by atoms with Gasteiger partial charge in [-0.25, -0.2) is 9.97 Å². The van der Waals surface area contributed by atoms with Crippen LogP contribution in [0.3, 0.4) is 0 Å². The Morgan fingerprint density at radius 3 is 3.13 bits per heavy atom. The summed E-state index contributed by atoms with van der Waals surface area (Å²) in [5, 5.41) is 3.32. The molecule has 1 aromatic heterocycles. The van der Waals surface area contributed by atoms with Crippen molar-refractivity contribution in [2.45, 2.75) is 25.8 Å². The van der Waals surface area contributed by atoms with Crippen LogP contribution in [-0.4, -0.2) is 36.1 Å². The second-order valence-electron chi connectivity index (χ2n) is 4.07. The van der Waals surface area contributed by atoms with Crippen molar-refractivity contribution >= 4 is 5.95 Å². The van der Waals surface area contributed by atoms with E-state index >= 15 is 0 Å². The molecule has 4 nitrogen and oxygen atoms in total. The maximum atomic E-state index is 4.45. The summed E-state index contributed by atoms with van der Waals surface area (Å²) >= 11 is 0. The average molecular weight is 206 g/mol. The molecule has 1 fully saturated rings. The highest BCUT2D eigenvalue weighted by atomic mass is 15.3. The van der Waals surface area contributed by atoms with Gasteiger partial charge in [0.15, 0.2) is 0 Å². The van der Waals surface area contributed by atoms with Crippen LogP contribution >= 0.6 is 0 Å². The number of nitrogens with one attached hydrogen (secondary N) is 1. The third-order valence-electron chi connectivity index (χ3n) is 2.89. The number of aromatic nitrogens is 2. The SMILES string of the molecule is CN[C@H]1CCCN(c2nccc(C)n2)C1. The number of hydrogen-bond donors (Lipinski definition) is 1. The largest absolute Gasteiger partial charge is 0.339 e. The molecule has 2 rings (SSSR count). The standard InChI is InChI=1S/C11H18N4/c1-9-5-6-13-11(14-9)15-7-3-4-10(8-15)12-2/h5-6,10,12H,3-4,7-8H2,1-2H3/t10-/m0/s1. The molecule has 0 bridgehead atoms. The molecule has 0 unspecified atom stereocenters. The summed E-state index contributed by atoms with van der Waals surface area (Å²) < 4.78 is 0. The molecule has 1 N–H and O–H groups in total. The fourth-order valence-electron chi connectivity index (χ4n) is 1.98. The molecular weight excluding hydrogens is 188 g/mol. The zero-order chi connectivity index (χ0) is 10.7. The van der Waals surface area contributed by atoms with E-state index < -0.39 is 0 Å². The highest BCUT2D eigenvalue weighted by Gasteiger charge is 2.20. The van der Waals surface area contributed by atoms with E-state index in [-0.39, 0.29) is 0 Å². The van der Waals surface area contributed by atoms with Crippen LogP contribution in [0.15, 0.2) is 12.3 Å². The molecule has 2 heterocycles. The van der Waals surface area contributed by atoms with Gasteiger partial charge >= 0.3 is 0 Å². The van der Waals surface area contributed by atoms with Gasteiger partial charge in [-0.15, -0.1) is 0 Å². The van der Waals surface area contributed by atoms with Gasteiger partial charge in [-0.2, -0.15) is 0 Å². The smallest absolute Gasteiger partial charge is 0.225 e. The minimum absolute atomic E-state index is 0.572. The third kappa shape index (κ3) is 2.45. The molecule has 1 atom stereocenters. The molecule has 0 saturated carbocycles. The van der Waals surface area contributed by atoms with Crippen molar-refractivity contribution in [2.75, 3.05) is 25.0 Å². The third-order valence-corrected chi connectivity index (χ3v) is 2.89. The van der Waals surface area contributed by atoms with Crippen LogP contribution in [0.5, 0.6) is 0 Å². The van der Waals surface area contributed by atoms with E-state index in [1.807, 2.05) is 26.2 Å². The second-order valence-corrected chi connectivity index (χ2v) is 4.07. The molecular formula is C11H18N4. The second kappa shape index (κ2) is 4.57. The zero-order valence-electron chi connectivity index (χ0n) is 9.40. The van der Waals surface area contributed by atoms with E-state index in [0.717, 1.165) is 24.7 Å². The molecule has 82 valence electrons. The summed E-state index contributed by atoms with van der Waals surface area (Å²) in [6, 6.07) is 2.51. The first kappa shape index (κ1) is 10.4. The number of nitrogens with zero attached hydrogens (tertiary/aromatic N) is 3. The van der Waals surface area contributed by atoms with Crippen LogP contribution in [0.2, 0.25) is 0 Å². The molecule has 0 radical (unpaired) electrons. The zero-order valence-corrected chi connectivity index (χ0v) is 9.40. The number of piperidine rings is 1. The minimum atomic E-state index is 0.572. The normalized spacial score (nSPS) is 21.7. The summed E-state index contributed by atoms with van der Waals surface area (Å²) in [6.45, 7) is 4.09. The van der Waals surface area contributed by atoms with Crippen LogP contribution in [0.4, 0.5) is 5.95 Å². The van der Waals surface area contributed by atoms with Gasteiger partial charge in [-0.3, -0.25) is 0 Å². The Bertz CT molecular complexity index is 326. The summed E-state index contributed by atoms with van der Waals surface area (Å²) in [6.07, 6.45) is 4.29. The molecule has 1 saturated heterocycles. The molecule has 4 heteroatoms. The van der Waals surface area contributed by atoms with E-state index in [1.165, 1.54) is 12.8 Å². The minimum Gasteiger partial charge on any atom is -0.339 e. The quantitative estimate of drug-likeness (QED) is 0.783. The highest BCUT2D eigenvalue weighted by Crippen LogP contribution is 2.15. The van der Waals surface area contributed by atoms with Crippen LogP contribution in [0.1, 0.15) is 18.5 Å². The summed E-state index contributed by atoms with van der Waals surface area (Å²) in [5.41, 5.74) is 1.03. The first-order chi connectivity index (χ1) is 7.29.